The van der Waals surface area contributed by atoms with Crippen LogP contribution >= 0.6 is 0 Å². The summed E-state index contributed by atoms with van der Waals surface area (Å²) in [6, 6.07) is 15.3. The lowest BCUT2D eigenvalue weighted by Crippen LogP contribution is -1.98. The number of aryl methyl sites for hydroxylation is 1. The molecule has 0 radical (unpaired) electrons. The second-order valence-electron chi connectivity index (χ2n) is 5.16. The lowest BCUT2D eigenvalue weighted by molar-refractivity contribution is 0.111. The van der Waals surface area contributed by atoms with Gasteiger partial charge in [0.15, 0.2) is 6.29 Å². The maximum absolute atomic E-state index is 11.4. The summed E-state index contributed by atoms with van der Waals surface area (Å²) in [4.78, 5) is 19.7. The van der Waals surface area contributed by atoms with Crippen LogP contribution in [0.5, 0.6) is 5.75 Å². The molecule has 0 saturated carbocycles. The Kier molecular flexibility index (Phi) is 4.43. The maximum Gasteiger partial charge on any atom is 0.153 e. The van der Waals surface area contributed by atoms with Crippen molar-refractivity contribution in [2.75, 3.05) is 0 Å². The van der Waals surface area contributed by atoms with Gasteiger partial charge >= 0.3 is 0 Å². The number of hydrogen-bond donors (Lipinski definition) is 0. The minimum Gasteiger partial charge on any atom is -0.488 e. The zero-order valence-corrected chi connectivity index (χ0v) is 12.8. The molecule has 0 aliphatic heterocycles. The van der Waals surface area contributed by atoms with Crippen LogP contribution in [0, 0.1) is 6.92 Å². The van der Waals surface area contributed by atoms with E-state index in [1.807, 2.05) is 49.4 Å². The third-order valence-electron chi connectivity index (χ3n) is 3.49. The molecule has 0 bridgehead atoms. The van der Waals surface area contributed by atoms with Gasteiger partial charge in [-0.2, -0.15) is 0 Å². The van der Waals surface area contributed by atoms with E-state index in [2.05, 4.69) is 9.97 Å². The SMILES string of the molecule is Cc1ncc(-c2ccc(OCc3ccccc3)c(C=O)c2)cn1. The maximum atomic E-state index is 11.4. The van der Waals surface area contributed by atoms with Crippen molar-refractivity contribution in [2.24, 2.45) is 0 Å². The number of carbonyl (C=O) groups excluding carboxylic acids is 1. The van der Waals surface area contributed by atoms with E-state index in [0.717, 1.165) is 23.0 Å². The van der Waals surface area contributed by atoms with Crippen LogP contribution in [0.25, 0.3) is 11.1 Å². The lowest BCUT2D eigenvalue weighted by Gasteiger charge is -2.10. The molecule has 0 fully saturated rings. The molecule has 0 aliphatic rings. The highest BCUT2D eigenvalue weighted by molar-refractivity contribution is 5.82. The molecule has 0 spiro atoms. The minimum atomic E-state index is 0.425. The Morgan fingerprint density at radius 2 is 1.74 bits per heavy atom. The molecule has 0 N–H and O–H groups in total. The third-order valence-corrected chi connectivity index (χ3v) is 3.49. The van der Waals surface area contributed by atoms with Crippen LogP contribution in [0.3, 0.4) is 0 Å². The molecule has 23 heavy (non-hydrogen) atoms. The minimum absolute atomic E-state index is 0.425. The predicted molar refractivity (Wildman–Crippen MR) is 88.4 cm³/mol. The molecule has 1 heterocycles. The smallest absolute Gasteiger partial charge is 0.153 e. The Labute approximate surface area is 134 Å². The zero-order valence-electron chi connectivity index (χ0n) is 12.8. The first kappa shape index (κ1) is 14.9. The fourth-order valence-electron chi connectivity index (χ4n) is 2.23. The van der Waals surface area contributed by atoms with E-state index in [0.29, 0.717) is 23.7 Å². The average Bonchev–Trinajstić information content (AvgIpc) is 2.61. The van der Waals surface area contributed by atoms with Crippen LogP contribution in [0.2, 0.25) is 0 Å². The summed E-state index contributed by atoms with van der Waals surface area (Å²) in [5.74, 6) is 1.29. The fourth-order valence-corrected chi connectivity index (χ4v) is 2.23. The number of aromatic nitrogens is 2. The van der Waals surface area contributed by atoms with Crippen molar-refractivity contribution in [1.29, 1.82) is 0 Å². The van der Waals surface area contributed by atoms with Gasteiger partial charge in [-0.15, -0.1) is 0 Å². The Bertz CT molecular complexity index is 799. The van der Waals surface area contributed by atoms with Gasteiger partial charge < -0.3 is 4.74 Å². The van der Waals surface area contributed by atoms with Gasteiger partial charge in [0.05, 0.1) is 5.56 Å². The molecular formula is C19H16N2O2. The summed E-state index contributed by atoms with van der Waals surface area (Å²) in [7, 11) is 0. The molecule has 0 saturated heterocycles. The topological polar surface area (TPSA) is 52.1 Å². The summed E-state index contributed by atoms with van der Waals surface area (Å²) in [6.07, 6.45) is 4.30. The number of benzene rings is 2. The molecule has 0 amide bonds. The average molecular weight is 304 g/mol. The molecule has 0 aliphatic carbocycles. The van der Waals surface area contributed by atoms with E-state index in [1.54, 1.807) is 18.5 Å². The first-order valence-corrected chi connectivity index (χ1v) is 7.31. The first-order chi connectivity index (χ1) is 11.3. The van der Waals surface area contributed by atoms with Gasteiger partial charge in [-0.1, -0.05) is 36.4 Å². The van der Waals surface area contributed by atoms with Crippen LogP contribution in [-0.2, 0) is 6.61 Å². The van der Waals surface area contributed by atoms with E-state index < -0.39 is 0 Å². The molecule has 4 nitrogen and oxygen atoms in total. The van der Waals surface area contributed by atoms with Crippen molar-refractivity contribution < 1.29 is 9.53 Å². The summed E-state index contributed by atoms with van der Waals surface area (Å²) < 4.78 is 5.76. The highest BCUT2D eigenvalue weighted by Crippen LogP contribution is 2.25. The molecule has 3 aromatic rings. The summed E-state index contributed by atoms with van der Waals surface area (Å²) in [5.41, 5.74) is 3.33. The summed E-state index contributed by atoms with van der Waals surface area (Å²) >= 11 is 0. The predicted octanol–water partition coefficient (Wildman–Crippen LogP) is 3.84. The molecule has 0 atom stereocenters. The Hall–Kier alpha value is -3.01. The number of rotatable bonds is 5. The normalized spacial score (nSPS) is 10.3. The molecule has 3 rings (SSSR count). The first-order valence-electron chi connectivity index (χ1n) is 7.31. The standard InChI is InChI=1S/C19H16N2O2/c1-14-20-10-18(11-21-14)16-7-8-19(17(9-16)12-22)23-13-15-5-3-2-4-6-15/h2-12H,13H2,1H3. The van der Waals surface area contributed by atoms with E-state index in [4.69, 9.17) is 4.74 Å². The lowest BCUT2D eigenvalue weighted by atomic mass is 10.1. The number of hydrogen-bond acceptors (Lipinski definition) is 4. The van der Waals surface area contributed by atoms with Crippen molar-refractivity contribution in [3.8, 4) is 16.9 Å². The Balaban J connectivity index is 1.82. The molecule has 4 heteroatoms. The van der Waals surface area contributed by atoms with Crippen LogP contribution in [0.4, 0.5) is 0 Å². The quantitative estimate of drug-likeness (QED) is 0.672. The largest absolute Gasteiger partial charge is 0.488 e. The van der Waals surface area contributed by atoms with Crippen LogP contribution < -0.4 is 4.74 Å². The van der Waals surface area contributed by atoms with Gasteiger partial charge in [-0.05, 0) is 30.2 Å². The molecule has 1 aromatic heterocycles. The highest BCUT2D eigenvalue weighted by Gasteiger charge is 2.07. The summed E-state index contributed by atoms with van der Waals surface area (Å²) in [6.45, 7) is 2.26. The van der Waals surface area contributed by atoms with Crippen LogP contribution in [0.15, 0.2) is 60.9 Å². The van der Waals surface area contributed by atoms with E-state index in [1.165, 1.54) is 0 Å². The van der Waals surface area contributed by atoms with Crippen molar-refractivity contribution in [1.82, 2.24) is 9.97 Å². The van der Waals surface area contributed by atoms with E-state index >= 15 is 0 Å². The van der Waals surface area contributed by atoms with Gasteiger partial charge in [0.1, 0.15) is 18.2 Å². The summed E-state index contributed by atoms with van der Waals surface area (Å²) in [5, 5.41) is 0. The van der Waals surface area contributed by atoms with E-state index in [-0.39, 0.29) is 0 Å². The highest BCUT2D eigenvalue weighted by atomic mass is 16.5. The Morgan fingerprint density at radius 1 is 1.00 bits per heavy atom. The van der Waals surface area contributed by atoms with Gasteiger partial charge in [0.25, 0.3) is 0 Å². The molecule has 2 aromatic carbocycles. The number of nitrogens with zero attached hydrogens (tertiary/aromatic N) is 2. The number of ether oxygens (including phenoxy) is 1. The number of aldehydes is 1. The second kappa shape index (κ2) is 6.83. The van der Waals surface area contributed by atoms with Crippen LogP contribution in [0.1, 0.15) is 21.7 Å². The Morgan fingerprint density at radius 3 is 2.43 bits per heavy atom. The molecule has 114 valence electrons. The fraction of sp³-hybridized carbons (Fsp3) is 0.105. The second-order valence-corrected chi connectivity index (χ2v) is 5.16. The van der Waals surface area contributed by atoms with Gasteiger partial charge in [0.2, 0.25) is 0 Å². The third kappa shape index (κ3) is 3.61. The molecule has 0 unspecified atom stereocenters. The van der Waals surface area contributed by atoms with Crippen molar-refractivity contribution in [2.45, 2.75) is 13.5 Å². The number of carbonyl (C=O) groups is 1. The van der Waals surface area contributed by atoms with Gasteiger partial charge in [-0.25, -0.2) is 9.97 Å². The molecular weight excluding hydrogens is 288 g/mol. The van der Waals surface area contributed by atoms with Crippen molar-refractivity contribution >= 4 is 6.29 Å². The van der Waals surface area contributed by atoms with Crippen molar-refractivity contribution in [3.63, 3.8) is 0 Å². The van der Waals surface area contributed by atoms with Crippen molar-refractivity contribution in [3.05, 3.63) is 77.9 Å². The monoisotopic (exact) mass is 304 g/mol. The van der Waals surface area contributed by atoms with E-state index in [9.17, 15) is 4.79 Å². The van der Waals surface area contributed by atoms with Gasteiger partial charge in [0, 0.05) is 18.0 Å². The van der Waals surface area contributed by atoms with Gasteiger partial charge in [-0.3, -0.25) is 4.79 Å². The van der Waals surface area contributed by atoms with Crippen LogP contribution in [-0.4, -0.2) is 16.3 Å². The zero-order chi connectivity index (χ0) is 16.1.